The van der Waals surface area contributed by atoms with Crippen LogP contribution in [0.5, 0.6) is 5.75 Å². The monoisotopic (exact) mass is 281 g/mol. The number of benzene rings is 1. The van der Waals surface area contributed by atoms with E-state index in [9.17, 15) is 14.3 Å². The topological polar surface area (TPSA) is 49.8 Å². The number of carbonyl (C=O) groups is 1. The Kier molecular flexibility index (Phi) is 4.28. The number of nitrogens with zero attached hydrogens (tertiary/aromatic N) is 1. The van der Waals surface area contributed by atoms with E-state index in [1.165, 1.54) is 6.07 Å². The van der Waals surface area contributed by atoms with Crippen LogP contribution in [0.2, 0.25) is 0 Å². The summed E-state index contributed by atoms with van der Waals surface area (Å²) in [6.45, 7) is 4.84. The highest BCUT2D eigenvalue weighted by Crippen LogP contribution is 2.22. The van der Waals surface area contributed by atoms with E-state index in [1.807, 2.05) is 6.92 Å². The van der Waals surface area contributed by atoms with E-state index >= 15 is 0 Å². The molecule has 1 saturated heterocycles. The number of rotatable bonds is 4. The molecule has 0 radical (unpaired) electrons. The van der Waals surface area contributed by atoms with Crippen molar-refractivity contribution in [1.82, 2.24) is 4.90 Å². The highest BCUT2D eigenvalue weighted by Gasteiger charge is 2.33. The Hall–Kier alpha value is -1.62. The average Bonchev–Trinajstić information content (AvgIpc) is 2.73. The Morgan fingerprint density at radius 2 is 2.30 bits per heavy atom. The SMILES string of the molecule is CCOc1ccc(CC(=O)N2CCC(C)(O)C2)c(F)c1. The van der Waals surface area contributed by atoms with Crippen molar-refractivity contribution >= 4 is 5.91 Å². The molecule has 20 heavy (non-hydrogen) atoms. The molecule has 0 saturated carbocycles. The zero-order valence-corrected chi connectivity index (χ0v) is 11.9. The second kappa shape index (κ2) is 5.79. The van der Waals surface area contributed by atoms with E-state index in [0.29, 0.717) is 37.4 Å². The van der Waals surface area contributed by atoms with Crippen molar-refractivity contribution in [2.24, 2.45) is 0 Å². The lowest BCUT2D eigenvalue weighted by Gasteiger charge is -2.19. The van der Waals surface area contributed by atoms with Crippen LogP contribution in [-0.4, -0.2) is 41.2 Å². The fourth-order valence-electron chi connectivity index (χ4n) is 2.36. The molecule has 1 atom stereocenters. The quantitative estimate of drug-likeness (QED) is 0.914. The average molecular weight is 281 g/mol. The summed E-state index contributed by atoms with van der Waals surface area (Å²) in [4.78, 5) is 13.7. The van der Waals surface area contributed by atoms with E-state index in [0.717, 1.165) is 0 Å². The van der Waals surface area contributed by atoms with Gasteiger partial charge in [-0.05, 0) is 31.9 Å². The van der Waals surface area contributed by atoms with Crippen LogP contribution < -0.4 is 4.74 Å². The van der Waals surface area contributed by atoms with Crippen LogP contribution in [0.1, 0.15) is 25.8 Å². The number of hydrogen-bond donors (Lipinski definition) is 1. The first kappa shape index (κ1) is 14.8. The van der Waals surface area contributed by atoms with E-state index in [1.54, 1.807) is 24.0 Å². The summed E-state index contributed by atoms with van der Waals surface area (Å²) in [5.41, 5.74) is -0.475. The molecule has 1 aliphatic rings. The fraction of sp³-hybridized carbons (Fsp3) is 0.533. The van der Waals surface area contributed by atoms with Crippen molar-refractivity contribution < 1.29 is 19.0 Å². The molecule has 1 amide bonds. The van der Waals surface area contributed by atoms with Gasteiger partial charge < -0.3 is 14.7 Å². The lowest BCUT2D eigenvalue weighted by Crippen LogP contribution is -2.34. The molecule has 1 N–H and O–H groups in total. The summed E-state index contributed by atoms with van der Waals surface area (Å²) in [6, 6.07) is 4.54. The Labute approximate surface area is 118 Å². The van der Waals surface area contributed by atoms with Gasteiger partial charge in [-0.15, -0.1) is 0 Å². The molecule has 1 aliphatic heterocycles. The van der Waals surface area contributed by atoms with Gasteiger partial charge in [-0.1, -0.05) is 6.07 Å². The van der Waals surface area contributed by atoms with E-state index in [-0.39, 0.29) is 12.3 Å². The maximum atomic E-state index is 13.9. The van der Waals surface area contributed by atoms with E-state index in [4.69, 9.17) is 4.74 Å². The molecule has 5 heteroatoms. The molecular weight excluding hydrogens is 261 g/mol. The number of amides is 1. The molecule has 4 nitrogen and oxygen atoms in total. The summed E-state index contributed by atoms with van der Waals surface area (Å²) in [7, 11) is 0. The van der Waals surface area contributed by atoms with Crippen molar-refractivity contribution in [3.8, 4) is 5.75 Å². The number of β-amino-alcohol motifs (C(OH)–C–C–N with tert-alkyl or cyclic N) is 1. The molecule has 0 aliphatic carbocycles. The summed E-state index contributed by atoms with van der Waals surface area (Å²) in [5, 5.41) is 9.85. The minimum Gasteiger partial charge on any atom is -0.494 e. The zero-order valence-electron chi connectivity index (χ0n) is 11.9. The number of likely N-dealkylation sites (tertiary alicyclic amines) is 1. The summed E-state index contributed by atoms with van der Waals surface area (Å²) < 4.78 is 19.1. The Morgan fingerprint density at radius 1 is 1.55 bits per heavy atom. The van der Waals surface area contributed by atoms with Crippen LogP contribution in [0, 0.1) is 5.82 Å². The molecular formula is C15H20FNO3. The number of halogens is 1. The predicted molar refractivity (Wildman–Crippen MR) is 73.1 cm³/mol. The second-order valence-electron chi connectivity index (χ2n) is 5.43. The predicted octanol–water partition coefficient (Wildman–Crippen LogP) is 1.75. The number of hydrogen-bond acceptors (Lipinski definition) is 3. The van der Waals surface area contributed by atoms with Crippen molar-refractivity contribution in [2.45, 2.75) is 32.3 Å². The minimum atomic E-state index is -0.826. The number of carbonyl (C=O) groups excluding carboxylic acids is 1. The largest absolute Gasteiger partial charge is 0.494 e. The van der Waals surface area contributed by atoms with Gasteiger partial charge in [0.15, 0.2) is 0 Å². The first-order valence-electron chi connectivity index (χ1n) is 6.82. The van der Waals surface area contributed by atoms with Crippen molar-refractivity contribution in [3.05, 3.63) is 29.6 Å². The molecule has 0 aromatic heterocycles. The first-order valence-corrected chi connectivity index (χ1v) is 6.82. The van der Waals surface area contributed by atoms with Crippen LogP contribution in [0.25, 0.3) is 0 Å². The standard InChI is InChI=1S/C15H20FNO3/c1-3-20-12-5-4-11(13(16)9-12)8-14(18)17-7-6-15(2,19)10-17/h4-5,9,19H,3,6-8,10H2,1-2H3. The second-order valence-corrected chi connectivity index (χ2v) is 5.43. The molecule has 1 heterocycles. The van der Waals surface area contributed by atoms with Crippen LogP contribution in [0.15, 0.2) is 18.2 Å². The van der Waals surface area contributed by atoms with Gasteiger partial charge in [-0.2, -0.15) is 0 Å². The van der Waals surface area contributed by atoms with Crippen LogP contribution in [0.3, 0.4) is 0 Å². The number of aliphatic hydroxyl groups is 1. The summed E-state index contributed by atoms with van der Waals surface area (Å²) in [6.07, 6.45) is 0.568. The third-order valence-electron chi connectivity index (χ3n) is 3.48. The fourth-order valence-corrected chi connectivity index (χ4v) is 2.36. The maximum absolute atomic E-state index is 13.9. The van der Waals surface area contributed by atoms with Crippen LogP contribution in [-0.2, 0) is 11.2 Å². The molecule has 1 fully saturated rings. The molecule has 0 spiro atoms. The van der Waals surface area contributed by atoms with Gasteiger partial charge in [0.2, 0.25) is 5.91 Å². The van der Waals surface area contributed by atoms with Gasteiger partial charge in [0.1, 0.15) is 11.6 Å². The Morgan fingerprint density at radius 3 is 2.85 bits per heavy atom. The van der Waals surface area contributed by atoms with Crippen LogP contribution >= 0.6 is 0 Å². The third kappa shape index (κ3) is 3.48. The van der Waals surface area contributed by atoms with Gasteiger partial charge >= 0.3 is 0 Å². The Bertz CT molecular complexity index is 502. The molecule has 110 valence electrons. The summed E-state index contributed by atoms with van der Waals surface area (Å²) >= 11 is 0. The normalized spacial score (nSPS) is 22.1. The van der Waals surface area contributed by atoms with Gasteiger partial charge in [-0.25, -0.2) is 4.39 Å². The van der Waals surface area contributed by atoms with E-state index in [2.05, 4.69) is 0 Å². The molecule has 0 bridgehead atoms. The van der Waals surface area contributed by atoms with Crippen LogP contribution in [0.4, 0.5) is 4.39 Å². The van der Waals surface area contributed by atoms with Crippen molar-refractivity contribution in [2.75, 3.05) is 19.7 Å². The minimum absolute atomic E-state index is 0.00825. The van der Waals surface area contributed by atoms with Crippen molar-refractivity contribution in [1.29, 1.82) is 0 Å². The molecule has 1 aromatic carbocycles. The zero-order chi connectivity index (χ0) is 14.8. The third-order valence-corrected chi connectivity index (χ3v) is 3.48. The summed E-state index contributed by atoms with van der Waals surface area (Å²) in [5.74, 6) is -0.133. The first-order chi connectivity index (χ1) is 9.41. The lowest BCUT2D eigenvalue weighted by molar-refractivity contribution is -0.130. The highest BCUT2D eigenvalue weighted by molar-refractivity contribution is 5.79. The Balaban J connectivity index is 2.01. The number of ether oxygens (including phenoxy) is 1. The van der Waals surface area contributed by atoms with Crippen molar-refractivity contribution in [3.63, 3.8) is 0 Å². The molecule has 1 unspecified atom stereocenters. The van der Waals surface area contributed by atoms with Gasteiger partial charge in [0.05, 0.1) is 18.6 Å². The van der Waals surface area contributed by atoms with Gasteiger partial charge in [0, 0.05) is 19.2 Å². The van der Waals surface area contributed by atoms with Gasteiger partial charge in [-0.3, -0.25) is 4.79 Å². The van der Waals surface area contributed by atoms with Gasteiger partial charge in [0.25, 0.3) is 0 Å². The highest BCUT2D eigenvalue weighted by atomic mass is 19.1. The lowest BCUT2D eigenvalue weighted by atomic mass is 10.1. The smallest absolute Gasteiger partial charge is 0.227 e. The maximum Gasteiger partial charge on any atom is 0.227 e. The van der Waals surface area contributed by atoms with E-state index < -0.39 is 11.4 Å². The molecule has 1 aromatic rings. The molecule has 2 rings (SSSR count).